The van der Waals surface area contributed by atoms with Crippen LogP contribution >= 0.6 is 15.9 Å². The molecule has 0 saturated carbocycles. The summed E-state index contributed by atoms with van der Waals surface area (Å²) >= 11 is 3.68. The predicted octanol–water partition coefficient (Wildman–Crippen LogP) is 2.55. The Morgan fingerprint density at radius 1 is 1.15 bits per heavy atom. The Hall–Kier alpha value is -1.14. The van der Waals surface area contributed by atoms with E-state index in [-0.39, 0.29) is 0 Å². The summed E-state index contributed by atoms with van der Waals surface area (Å²) < 4.78 is 5.16. The van der Waals surface area contributed by atoms with E-state index < -0.39 is 0 Å². The van der Waals surface area contributed by atoms with Crippen LogP contribution in [0.5, 0.6) is 0 Å². The Bertz CT molecular complexity index is 612. The summed E-state index contributed by atoms with van der Waals surface area (Å²) in [5.41, 5.74) is 11.3. The molecule has 0 aliphatic carbocycles. The molecule has 0 unspecified atom stereocenters. The topological polar surface area (TPSA) is 61.7 Å². The quantitative estimate of drug-likeness (QED) is 0.910. The normalized spacial score (nSPS) is 11.3. The lowest BCUT2D eigenvalue weighted by molar-refractivity contribution is 0.564. The molecule has 0 bridgehead atoms. The summed E-state index contributed by atoms with van der Waals surface area (Å²) in [7, 11) is 0. The summed E-state index contributed by atoms with van der Waals surface area (Å²) in [4.78, 5) is 0. The molecule has 0 aromatic carbocycles. The predicted molar refractivity (Wildman–Crippen MR) is 83.7 cm³/mol. The first kappa shape index (κ1) is 15.3. The molecule has 0 amide bonds. The van der Waals surface area contributed by atoms with Gasteiger partial charge in [0.2, 0.25) is 0 Å². The summed E-state index contributed by atoms with van der Waals surface area (Å²) in [6, 6.07) is 0. The van der Waals surface area contributed by atoms with Crippen molar-refractivity contribution < 1.29 is 0 Å². The first-order valence-electron chi connectivity index (χ1n) is 7.00. The fraction of sp³-hybridized carbons (Fsp3) is 0.571. The smallest absolute Gasteiger partial charge is 0.0843 e. The minimum atomic E-state index is 0.534. The Morgan fingerprint density at radius 2 is 1.85 bits per heavy atom. The van der Waals surface area contributed by atoms with Crippen LogP contribution < -0.4 is 5.73 Å². The van der Waals surface area contributed by atoms with Gasteiger partial charge in [0.15, 0.2) is 0 Å². The molecule has 6 heteroatoms. The van der Waals surface area contributed by atoms with Crippen LogP contribution in [-0.4, -0.2) is 19.6 Å². The lowest BCUT2D eigenvalue weighted by Crippen LogP contribution is -2.11. The van der Waals surface area contributed by atoms with Crippen LogP contribution in [-0.2, 0) is 26.1 Å². The van der Waals surface area contributed by atoms with E-state index in [9.17, 15) is 0 Å². The van der Waals surface area contributed by atoms with Gasteiger partial charge in [0.25, 0.3) is 0 Å². The van der Waals surface area contributed by atoms with E-state index >= 15 is 0 Å². The number of aryl methyl sites for hydroxylation is 3. The summed E-state index contributed by atoms with van der Waals surface area (Å²) in [6.45, 7) is 10.4. The molecule has 2 heterocycles. The zero-order chi connectivity index (χ0) is 14.9. The standard InChI is InChI=1S/C14H22BrN5/c1-5-12-14(15)13(19(6-2)18-12)8-20-10(4)11(7-16)9(3)17-20/h5-8,16H2,1-4H3. The second-order valence-electron chi connectivity index (χ2n) is 4.89. The van der Waals surface area contributed by atoms with Gasteiger partial charge in [0.1, 0.15) is 0 Å². The molecule has 0 fully saturated rings. The van der Waals surface area contributed by atoms with Gasteiger partial charge >= 0.3 is 0 Å². The van der Waals surface area contributed by atoms with Crippen molar-refractivity contribution in [1.82, 2.24) is 19.6 Å². The third kappa shape index (κ3) is 2.54. The van der Waals surface area contributed by atoms with Crippen molar-refractivity contribution in [2.45, 2.75) is 53.8 Å². The van der Waals surface area contributed by atoms with Crippen LogP contribution in [0.4, 0.5) is 0 Å². The molecule has 2 N–H and O–H groups in total. The molecule has 0 radical (unpaired) electrons. The van der Waals surface area contributed by atoms with Gasteiger partial charge in [-0.3, -0.25) is 9.36 Å². The SMILES string of the molecule is CCc1nn(CC)c(Cn2nc(C)c(CN)c2C)c1Br. The molecule has 0 aliphatic heterocycles. The first-order chi connectivity index (χ1) is 9.53. The molecule has 0 aliphatic rings. The Kier molecular flexibility index (Phi) is 4.65. The van der Waals surface area contributed by atoms with E-state index in [0.29, 0.717) is 13.1 Å². The van der Waals surface area contributed by atoms with Crippen molar-refractivity contribution in [2.24, 2.45) is 5.73 Å². The van der Waals surface area contributed by atoms with E-state index in [2.05, 4.69) is 46.9 Å². The minimum Gasteiger partial charge on any atom is -0.326 e. The largest absolute Gasteiger partial charge is 0.326 e. The zero-order valence-corrected chi connectivity index (χ0v) is 14.2. The molecular formula is C14H22BrN5. The van der Waals surface area contributed by atoms with Crippen molar-refractivity contribution in [3.63, 3.8) is 0 Å². The van der Waals surface area contributed by atoms with Crippen LogP contribution in [0.2, 0.25) is 0 Å². The van der Waals surface area contributed by atoms with E-state index in [1.165, 1.54) is 5.69 Å². The molecule has 0 saturated heterocycles. The van der Waals surface area contributed by atoms with Crippen LogP contribution in [0, 0.1) is 13.8 Å². The Labute approximate surface area is 128 Å². The Balaban J connectivity index is 2.42. The first-order valence-corrected chi connectivity index (χ1v) is 7.79. The van der Waals surface area contributed by atoms with Crippen molar-refractivity contribution in [3.8, 4) is 0 Å². The van der Waals surface area contributed by atoms with Gasteiger partial charge in [0, 0.05) is 24.3 Å². The minimum absolute atomic E-state index is 0.534. The van der Waals surface area contributed by atoms with Gasteiger partial charge in [-0.15, -0.1) is 0 Å². The van der Waals surface area contributed by atoms with Gasteiger partial charge in [-0.05, 0) is 43.1 Å². The highest BCUT2D eigenvalue weighted by molar-refractivity contribution is 9.10. The number of hydrogen-bond donors (Lipinski definition) is 1. The maximum atomic E-state index is 5.79. The number of aromatic nitrogens is 4. The lowest BCUT2D eigenvalue weighted by atomic mass is 10.2. The van der Waals surface area contributed by atoms with Crippen molar-refractivity contribution in [1.29, 1.82) is 0 Å². The average Bonchev–Trinajstić information content (AvgIpc) is 2.88. The molecule has 20 heavy (non-hydrogen) atoms. The monoisotopic (exact) mass is 339 g/mol. The Morgan fingerprint density at radius 3 is 2.35 bits per heavy atom. The van der Waals surface area contributed by atoms with Gasteiger partial charge < -0.3 is 5.73 Å². The highest BCUT2D eigenvalue weighted by Crippen LogP contribution is 2.24. The van der Waals surface area contributed by atoms with Crippen LogP contribution in [0.3, 0.4) is 0 Å². The van der Waals surface area contributed by atoms with E-state index in [0.717, 1.165) is 40.1 Å². The summed E-state index contributed by atoms with van der Waals surface area (Å²) in [5, 5.41) is 9.23. The van der Waals surface area contributed by atoms with Gasteiger partial charge in [-0.1, -0.05) is 6.92 Å². The molecule has 5 nitrogen and oxygen atoms in total. The number of rotatable bonds is 5. The molecular weight excluding hydrogens is 318 g/mol. The van der Waals surface area contributed by atoms with E-state index in [1.54, 1.807) is 0 Å². The summed E-state index contributed by atoms with van der Waals surface area (Å²) in [6.07, 6.45) is 0.922. The lowest BCUT2D eigenvalue weighted by Gasteiger charge is -2.08. The fourth-order valence-electron chi connectivity index (χ4n) is 2.49. The molecule has 2 aromatic heterocycles. The number of hydrogen-bond acceptors (Lipinski definition) is 3. The van der Waals surface area contributed by atoms with E-state index in [4.69, 9.17) is 5.73 Å². The fourth-order valence-corrected chi connectivity index (χ4v) is 3.18. The average molecular weight is 340 g/mol. The van der Waals surface area contributed by atoms with Gasteiger partial charge in [0.05, 0.1) is 28.1 Å². The molecule has 2 aromatic rings. The highest BCUT2D eigenvalue weighted by Gasteiger charge is 2.17. The van der Waals surface area contributed by atoms with Gasteiger partial charge in [-0.2, -0.15) is 10.2 Å². The number of nitrogens with zero attached hydrogens (tertiary/aromatic N) is 4. The van der Waals surface area contributed by atoms with Crippen molar-refractivity contribution >= 4 is 15.9 Å². The van der Waals surface area contributed by atoms with Crippen LogP contribution in [0.25, 0.3) is 0 Å². The second-order valence-corrected chi connectivity index (χ2v) is 5.68. The third-order valence-corrected chi connectivity index (χ3v) is 4.64. The molecule has 0 spiro atoms. The number of halogens is 1. The van der Waals surface area contributed by atoms with Crippen molar-refractivity contribution in [3.05, 3.63) is 32.8 Å². The highest BCUT2D eigenvalue weighted by atomic mass is 79.9. The third-order valence-electron chi connectivity index (χ3n) is 3.73. The molecule has 2 rings (SSSR count). The van der Waals surface area contributed by atoms with Crippen LogP contribution in [0.1, 0.15) is 42.2 Å². The molecule has 0 atom stereocenters. The second kappa shape index (κ2) is 6.10. The summed E-state index contributed by atoms with van der Waals surface area (Å²) in [5.74, 6) is 0. The number of nitrogens with two attached hydrogens (primary N) is 1. The van der Waals surface area contributed by atoms with Crippen molar-refractivity contribution in [2.75, 3.05) is 0 Å². The zero-order valence-electron chi connectivity index (χ0n) is 12.6. The van der Waals surface area contributed by atoms with Gasteiger partial charge in [-0.25, -0.2) is 0 Å². The maximum Gasteiger partial charge on any atom is 0.0843 e. The molecule has 110 valence electrons. The maximum absolute atomic E-state index is 5.79. The van der Waals surface area contributed by atoms with E-state index in [1.807, 2.05) is 16.3 Å². The van der Waals surface area contributed by atoms with Crippen LogP contribution in [0.15, 0.2) is 4.47 Å².